The summed E-state index contributed by atoms with van der Waals surface area (Å²) in [6, 6.07) is 12.2. The van der Waals surface area contributed by atoms with Gasteiger partial charge in [-0.05, 0) is 30.2 Å². The van der Waals surface area contributed by atoms with Gasteiger partial charge in [0, 0.05) is 6.20 Å². The van der Waals surface area contributed by atoms with Gasteiger partial charge in [0.25, 0.3) is 11.8 Å². The zero-order valence-electron chi connectivity index (χ0n) is 10.5. The van der Waals surface area contributed by atoms with Crippen LogP contribution in [0, 0.1) is 11.8 Å². The third-order valence-corrected chi connectivity index (χ3v) is 3.00. The smallest absolute Gasteiger partial charge is 0.262 e. The van der Waals surface area contributed by atoms with Crippen molar-refractivity contribution in [3.63, 3.8) is 0 Å². The monoisotopic (exact) mass is 262 g/mol. The molecular formula is C16H10N2O2. The second kappa shape index (κ2) is 4.98. The van der Waals surface area contributed by atoms with Crippen molar-refractivity contribution in [3.8, 4) is 11.8 Å². The van der Waals surface area contributed by atoms with E-state index in [4.69, 9.17) is 0 Å². The number of hydrogen-bond donors (Lipinski definition) is 0. The molecule has 0 unspecified atom stereocenters. The number of imide groups is 1. The van der Waals surface area contributed by atoms with Crippen molar-refractivity contribution in [2.24, 2.45) is 0 Å². The number of pyridine rings is 1. The molecule has 3 rings (SSSR count). The fourth-order valence-electron chi connectivity index (χ4n) is 2.03. The minimum atomic E-state index is -0.291. The first-order valence-corrected chi connectivity index (χ1v) is 6.12. The molecule has 0 atom stereocenters. The first kappa shape index (κ1) is 12.1. The first-order valence-electron chi connectivity index (χ1n) is 6.12. The molecule has 1 aromatic heterocycles. The Morgan fingerprint density at radius 3 is 2.20 bits per heavy atom. The molecule has 0 radical (unpaired) electrons. The molecular weight excluding hydrogens is 252 g/mol. The van der Waals surface area contributed by atoms with Gasteiger partial charge in [0.2, 0.25) is 0 Å². The van der Waals surface area contributed by atoms with E-state index < -0.39 is 0 Å². The molecule has 2 heterocycles. The normalized spacial score (nSPS) is 12.9. The molecule has 2 aromatic rings. The standard InChI is InChI=1S/C16H10N2O2/c19-15-13-8-1-2-9-14(13)16(20)18(15)11-5-7-12-6-3-4-10-17-12/h1-4,6,8-10H,11H2. The van der Waals surface area contributed by atoms with Crippen LogP contribution in [0.4, 0.5) is 0 Å². The van der Waals surface area contributed by atoms with Gasteiger partial charge in [0.15, 0.2) is 0 Å². The maximum atomic E-state index is 12.1. The highest BCUT2D eigenvalue weighted by molar-refractivity contribution is 6.21. The van der Waals surface area contributed by atoms with Crippen LogP contribution in [0.2, 0.25) is 0 Å². The molecule has 0 bridgehead atoms. The third-order valence-electron chi connectivity index (χ3n) is 3.00. The van der Waals surface area contributed by atoms with E-state index in [0.29, 0.717) is 16.8 Å². The number of rotatable bonds is 1. The number of hydrogen-bond acceptors (Lipinski definition) is 3. The molecule has 0 fully saturated rings. The second-order valence-electron chi connectivity index (χ2n) is 4.26. The van der Waals surface area contributed by atoms with E-state index in [1.807, 2.05) is 6.07 Å². The van der Waals surface area contributed by atoms with Gasteiger partial charge in [-0.1, -0.05) is 24.1 Å². The van der Waals surface area contributed by atoms with E-state index in [1.54, 1.807) is 42.6 Å². The number of carbonyl (C=O) groups excluding carboxylic acids is 2. The van der Waals surface area contributed by atoms with Crippen molar-refractivity contribution < 1.29 is 9.59 Å². The summed E-state index contributed by atoms with van der Waals surface area (Å²) in [6.45, 7) is 0.0723. The zero-order chi connectivity index (χ0) is 13.9. The Kier molecular flexibility index (Phi) is 3.02. The summed E-state index contributed by atoms with van der Waals surface area (Å²) in [5, 5.41) is 0. The maximum absolute atomic E-state index is 12.1. The van der Waals surface area contributed by atoms with Crippen LogP contribution in [0.5, 0.6) is 0 Å². The Hall–Kier alpha value is -2.93. The molecule has 4 heteroatoms. The van der Waals surface area contributed by atoms with Gasteiger partial charge in [-0.2, -0.15) is 0 Å². The van der Waals surface area contributed by atoms with E-state index in [1.165, 1.54) is 0 Å². The minimum absolute atomic E-state index is 0.0723. The van der Waals surface area contributed by atoms with E-state index in [-0.39, 0.29) is 18.4 Å². The van der Waals surface area contributed by atoms with Crippen LogP contribution in [0.25, 0.3) is 0 Å². The van der Waals surface area contributed by atoms with Crippen molar-refractivity contribution in [2.45, 2.75) is 0 Å². The lowest BCUT2D eigenvalue weighted by Gasteiger charge is -2.08. The highest BCUT2D eigenvalue weighted by atomic mass is 16.2. The minimum Gasteiger partial charge on any atom is -0.269 e. The average Bonchev–Trinajstić information content (AvgIpc) is 2.74. The van der Waals surface area contributed by atoms with E-state index in [2.05, 4.69) is 16.8 Å². The third kappa shape index (κ3) is 2.06. The van der Waals surface area contributed by atoms with Gasteiger partial charge in [0.05, 0.1) is 17.7 Å². The molecule has 0 saturated carbocycles. The molecule has 1 aromatic carbocycles. The maximum Gasteiger partial charge on any atom is 0.262 e. The van der Waals surface area contributed by atoms with Crippen molar-refractivity contribution in [1.29, 1.82) is 0 Å². The number of fused-ring (bicyclic) bond motifs is 1. The topological polar surface area (TPSA) is 50.3 Å². The van der Waals surface area contributed by atoms with E-state index >= 15 is 0 Å². The van der Waals surface area contributed by atoms with Crippen LogP contribution < -0.4 is 0 Å². The summed E-state index contributed by atoms with van der Waals surface area (Å²) in [5.41, 5.74) is 1.50. The molecule has 0 spiro atoms. The second-order valence-corrected chi connectivity index (χ2v) is 4.26. The van der Waals surface area contributed by atoms with E-state index in [9.17, 15) is 9.59 Å². The fourth-order valence-corrected chi connectivity index (χ4v) is 2.03. The van der Waals surface area contributed by atoms with Gasteiger partial charge in [-0.25, -0.2) is 4.98 Å². The molecule has 20 heavy (non-hydrogen) atoms. The van der Waals surface area contributed by atoms with Gasteiger partial charge < -0.3 is 0 Å². The molecule has 1 aliphatic heterocycles. The predicted molar refractivity (Wildman–Crippen MR) is 72.9 cm³/mol. The summed E-state index contributed by atoms with van der Waals surface area (Å²) in [5.74, 6) is 5.06. The quantitative estimate of drug-likeness (QED) is 0.581. The summed E-state index contributed by atoms with van der Waals surface area (Å²) in [6.07, 6.45) is 1.64. The summed E-state index contributed by atoms with van der Waals surface area (Å²) in [7, 11) is 0. The fraction of sp³-hybridized carbons (Fsp3) is 0.0625. The van der Waals surface area contributed by atoms with Gasteiger partial charge >= 0.3 is 0 Å². The number of aromatic nitrogens is 1. The number of amides is 2. The van der Waals surface area contributed by atoms with Crippen molar-refractivity contribution in [2.75, 3.05) is 6.54 Å². The molecule has 4 nitrogen and oxygen atoms in total. The van der Waals surface area contributed by atoms with Crippen LogP contribution in [-0.2, 0) is 0 Å². The molecule has 2 amide bonds. The Labute approximate surface area is 116 Å². The SMILES string of the molecule is O=C1c2ccccc2C(=O)N1CC#Cc1ccccn1. The van der Waals surface area contributed by atoms with Gasteiger partial charge in [-0.15, -0.1) is 0 Å². The lowest BCUT2D eigenvalue weighted by molar-refractivity contribution is 0.0675. The molecule has 0 N–H and O–H groups in total. The number of benzene rings is 1. The predicted octanol–water partition coefficient (Wildman–Crippen LogP) is 1.73. The summed E-state index contributed by atoms with van der Waals surface area (Å²) >= 11 is 0. The largest absolute Gasteiger partial charge is 0.269 e. The highest BCUT2D eigenvalue weighted by Gasteiger charge is 2.34. The molecule has 96 valence electrons. The zero-order valence-corrected chi connectivity index (χ0v) is 10.5. The van der Waals surface area contributed by atoms with Crippen LogP contribution >= 0.6 is 0 Å². The van der Waals surface area contributed by atoms with Crippen LogP contribution in [-0.4, -0.2) is 28.2 Å². The van der Waals surface area contributed by atoms with Crippen LogP contribution in [0.3, 0.4) is 0 Å². The summed E-state index contributed by atoms with van der Waals surface area (Å²) in [4.78, 5) is 29.4. The Morgan fingerprint density at radius 1 is 0.950 bits per heavy atom. The van der Waals surface area contributed by atoms with Crippen LogP contribution in [0.15, 0.2) is 48.7 Å². The number of nitrogens with zero attached hydrogens (tertiary/aromatic N) is 2. The lowest BCUT2D eigenvalue weighted by Crippen LogP contribution is -2.30. The molecule has 0 saturated heterocycles. The van der Waals surface area contributed by atoms with Crippen molar-refractivity contribution in [3.05, 3.63) is 65.5 Å². The Morgan fingerprint density at radius 2 is 1.60 bits per heavy atom. The van der Waals surface area contributed by atoms with E-state index in [0.717, 1.165) is 4.90 Å². The molecule has 0 aliphatic carbocycles. The Balaban J connectivity index is 1.80. The Bertz CT molecular complexity index is 707. The van der Waals surface area contributed by atoms with Crippen molar-refractivity contribution >= 4 is 11.8 Å². The average molecular weight is 262 g/mol. The van der Waals surface area contributed by atoms with Crippen molar-refractivity contribution in [1.82, 2.24) is 9.88 Å². The van der Waals surface area contributed by atoms with Crippen LogP contribution in [0.1, 0.15) is 26.4 Å². The van der Waals surface area contributed by atoms with Gasteiger partial charge in [-0.3, -0.25) is 14.5 Å². The number of carbonyl (C=O) groups is 2. The lowest BCUT2D eigenvalue weighted by atomic mass is 10.1. The molecule has 1 aliphatic rings. The van der Waals surface area contributed by atoms with Gasteiger partial charge in [0.1, 0.15) is 5.69 Å². The summed E-state index contributed by atoms with van der Waals surface area (Å²) < 4.78 is 0. The first-order chi connectivity index (χ1) is 9.77. The highest BCUT2D eigenvalue weighted by Crippen LogP contribution is 2.21.